The average Bonchev–Trinajstić information content (AvgIpc) is 2.62. The Bertz CT molecular complexity index is 760. The molecule has 0 saturated carbocycles. The Morgan fingerprint density at radius 1 is 0.840 bits per heavy atom. The first kappa shape index (κ1) is 17.4. The van der Waals surface area contributed by atoms with Crippen LogP contribution in [0.15, 0.2) is 48.5 Å². The first-order chi connectivity index (χ1) is 12.0. The van der Waals surface area contributed by atoms with Crippen LogP contribution < -0.4 is 0 Å². The first-order valence-corrected chi connectivity index (χ1v) is 8.71. The second kappa shape index (κ2) is 7.62. The fourth-order valence-electron chi connectivity index (χ4n) is 3.10. The van der Waals surface area contributed by atoms with E-state index in [0.29, 0.717) is 19.6 Å². The fourth-order valence-corrected chi connectivity index (χ4v) is 3.10. The molecule has 25 heavy (non-hydrogen) atoms. The molecule has 2 aromatic rings. The molecule has 3 rings (SSSR count). The number of carbonyl (C=O) groups is 2. The normalized spacial score (nSPS) is 15.2. The number of ketones is 1. The van der Waals surface area contributed by atoms with E-state index in [9.17, 15) is 9.59 Å². The molecule has 4 heteroatoms. The van der Waals surface area contributed by atoms with Crippen LogP contribution in [-0.4, -0.2) is 54.2 Å². The van der Waals surface area contributed by atoms with Crippen molar-refractivity contribution in [2.45, 2.75) is 13.8 Å². The Balaban J connectivity index is 1.54. The van der Waals surface area contributed by atoms with E-state index in [2.05, 4.69) is 4.90 Å². The zero-order valence-corrected chi connectivity index (χ0v) is 14.9. The van der Waals surface area contributed by atoms with Crippen molar-refractivity contribution >= 4 is 11.7 Å². The molecule has 0 aromatic heterocycles. The fraction of sp³-hybridized carbons (Fsp3) is 0.333. The zero-order valence-electron chi connectivity index (χ0n) is 14.9. The van der Waals surface area contributed by atoms with Gasteiger partial charge in [-0.3, -0.25) is 14.5 Å². The van der Waals surface area contributed by atoms with E-state index in [0.717, 1.165) is 35.3 Å². The largest absolute Gasteiger partial charge is 0.336 e. The third kappa shape index (κ3) is 4.34. The summed E-state index contributed by atoms with van der Waals surface area (Å²) < 4.78 is 0. The molecule has 0 unspecified atom stereocenters. The van der Waals surface area contributed by atoms with Crippen LogP contribution in [0.1, 0.15) is 31.8 Å². The van der Waals surface area contributed by atoms with Gasteiger partial charge in [0.25, 0.3) is 5.91 Å². The number of amides is 1. The second-order valence-corrected chi connectivity index (χ2v) is 6.73. The van der Waals surface area contributed by atoms with E-state index in [4.69, 9.17) is 0 Å². The number of hydrogen-bond acceptors (Lipinski definition) is 3. The van der Waals surface area contributed by atoms with Gasteiger partial charge in [0, 0.05) is 37.3 Å². The van der Waals surface area contributed by atoms with Crippen LogP contribution in [0.3, 0.4) is 0 Å². The molecule has 0 aliphatic carbocycles. The monoisotopic (exact) mass is 336 g/mol. The van der Waals surface area contributed by atoms with Gasteiger partial charge in [-0.05, 0) is 26.0 Å². The molecular weight excluding hydrogens is 312 g/mol. The molecule has 0 radical (unpaired) electrons. The van der Waals surface area contributed by atoms with Crippen molar-refractivity contribution in [2.75, 3.05) is 32.7 Å². The Kier molecular flexibility index (Phi) is 5.29. The van der Waals surface area contributed by atoms with Gasteiger partial charge in [-0.15, -0.1) is 0 Å². The molecule has 1 aliphatic rings. The molecule has 1 saturated heterocycles. The number of benzene rings is 2. The van der Waals surface area contributed by atoms with E-state index in [-0.39, 0.29) is 11.7 Å². The van der Waals surface area contributed by atoms with Crippen LogP contribution >= 0.6 is 0 Å². The summed E-state index contributed by atoms with van der Waals surface area (Å²) in [6, 6.07) is 15.4. The third-order valence-electron chi connectivity index (χ3n) is 4.67. The van der Waals surface area contributed by atoms with Crippen molar-refractivity contribution in [1.29, 1.82) is 0 Å². The molecule has 0 bridgehead atoms. The maximum absolute atomic E-state index is 12.6. The van der Waals surface area contributed by atoms with Crippen LogP contribution in [0.2, 0.25) is 0 Å². The summed E-state index contributed by atoms with van der Waals surface area (Å²) in [5.74, 6) is 0.215. The second-order valence-electron chi connectivity index (χ2n) is 6.73. The van der Waals surface area contributed by atoms with Gasteiger partial charge < -0.3 is 4.90 Å². The quantitative estimate of drug-likeness (QED) is 0.806. The van der Waals surface area contributed by atoms with Crippen molar-refractivity contribution in [3.8, 4) is 0 Å². The third-order valence-corrected chi connectivity index (χ3v) is 4.67. The van der Waals surface area contributed by atoms with Crippen LogP contribution in [0, 0.1) is 13.8 Å². The predicted octanol–water partition coefficient (Wildman–Crippen LogP) is 2.94. The molecular formula is C21H24N2O2. The lowest BCUT2D eigenvalue weighted by Gasteiger charge is -2.34. The number of aryl methyl sites for hydroxylation is 2. The van der Waals surface area contributed by atoms with Crippen molar-refractivity contribution in [2.24, 2.45) is 0 Å². The highest BCUT2D eigenvalue weighted by molar-refractivity contribution is 5.97. The van der Waals surface area contributed by atoms with Crippen molar-refractivity contribution < 1.29 is 9.59 Å². The smallest absolute Gasteiger partial charge is 0.253 e. The minimum atomic E-state index is 0.0770. The number of Topliss-reactive ketones (excluding diaryl/α,β-unsaturated/α-hetero) is 1. The summed E-state index contributed by atoms with van der Waals surface area (Å²) in [5.41, 5.74) is 3.74. The van der Waals surface area contributed by atoms with Crippen molar-refractivity contribution in [3.63, 3.8) is 0 Å². The van der Waals surface area contributed by atoms with Gasteiger partial charge in [-0.2, -0.15) is 0 Å². The first-order valence-electron chi connectivity index (χ1n) is 8.71. The maximum Gasteiger partial charge on any atom is 0.253 e. The van der Waals surface area contributed by atoms with Gasteiger partial charge in [0.1, 0.15) is 0 Å². The molecule has 4 nitrogen and oxygen atoms in total. The van der Waals surface area contributed by atoms with Gasteiger partial charge in [-0.25, -0.2) is 0 Å². The summed E-state index contributed by atoms with van der Waals surface area (Å²) in [6.07, 6.45) is 0. The Morgan fingerprint density at radius 3 is 2.16 bits per heavy atom. The summed E-state index contributed by atoms with van der Waals surface area (Å²) >= 11 is 0. The number of piperazine rings is 1. The lowest BCUT2D eigenvalue weighted by Crippen LogP contribution is -2.49. The molecule has 1 heterocycles. The summed E-state index contributed by atoms with van der Waals surface area (Å²) in [4.78, 5) is 29.0. The Hall–Kier alpha value is -2.46. The van der Waals surface area contributed by atoms with Gasteiger partial charge in [-0.1, -0.05) is 47.5 Å². The van der Waals surface area contributed by atoms with Gasteiger partial charge >= 0.3 is 0 Å². The van der Waals surface area contributed by atoms with Crippen LogP contribution in [0.25, 0.3) is 0 Å². The number of carbonyl (C=O) groups excluding carboxylic acids is 2. The predicted molar refractivity (Wildman–Crippen MR) is 99.0 cm³/mol. The van der Waals surface area contributed by atoms with Crippen molar-refractivity contribution in [3.05, 3.63) is 70.8 Å². The molecule has 1 fully saturated rings. The molecule has 2 aromatic carbocycles. The highest BCUT2D eigenvalue weighted by atomic mass is 16.2. The molecule has 0 atom stereocenters. The van der Waals surface area contributed by atoms with Crippen LogP contribution in [-0.2, 0) is 0 Å². The van der Waals surface area contributed by atoms with E-state index >= 15 is 0 Å². The van der Waals surface area contributed by atoms with Crippen LogP contribution in [0.5, 0.6) is 0 Å². The molecule has 1 amide bonds. The molecule has 130 valence electrons. The van der Waals surface area contributed by atoms with E-state index in [1.807, 2.05) is 67.3 Å². The Morgan fingerprint density at radius 2 is 1.52 bits per heavy atom. The number of rotatable bonds is 4. The maximum atomic E-state index is 12.6. The molecule has 0 N–H and O–H groups in total. The number of hydrogen-bond donors (Lipinski definition) is 0. The highest BCUT2D eigenvalue weighted by Gasteiger charge is 2.23. The minimum Gasteiger partial charge on any atom is -0.336 e. The summed E-state index contributed by atoms with van der Waals surface area (Å²) in [7, 11) is 0. The summed E-state index contributed by atoms with van der Waals surface area (Å²) in [6.45, 7) is 7.20. The van der Waals surface area contributed by atoms with Gasteiger partial charge in [0.05, 0.1) is 6.54 Å². The average molecular weight is 336 g/mol. The van der Waals surface area contributed by atoms with E-state index in [1.54, 1.807) is 0 Å². The van der Waals surface area contributed by atoms with Gasteiger partial charge in [0.15, 0.2) is 5.78 Å². The number of nitrogens with zero attached hydrogens (tertiary/aromatic N) is 2. The minimum absolute atomic E-state index is 0.0770. The highest BCUT2D eigenvalue weighted by Crippen LogP contribution is 2.12. The standard InChI is InChI=1S/C21H24N2O2/c1-16-6-8-18(9-7-16)20(24)15-22-10-12-23(13-11-22)21(25)19-5-3-4-17(2)14-19/h3-9,14H,10-13,15H2,1-2H3. The summed E-state index contributed by atoms with van der Waals surface area (Å²) in [5, 5.41) is 0. The van der Waals surface area contributed by atoms with Crippen molar-refractivity contribution in [1.82, 2.24) is 9.80 Å². The SMILES string of the molecule is Cc1ccc(C(=O)CN2CCN(C(=O)c3cccc(C)c3)CC2)cc1. The molecule has 0 spiro atoms. The molecule has 1 aliphatic heterocycles. The Labute approximate surface area is 149 Å². The van der Waals surface area contributed by atoms with Crippen LogP contribution in [0.4, 0.5) is 0 Å². The zero-order chi connectivity index (χ0) is 17.8. The lowest BCUT2D eigenvalue weighted by molar-refractivity contribution is 0.0624. The van der Waals surface area contributed by atoms with E-state index < -0.39 is 0 Å². The van der Waals surface area contributed by atoms with Gasteiger partial charge in [0.2, 0.25) is 0 Å². The van der Waals surface area contributed by atoms with E-state index in [1.165, 1.54) is 0 Å². The topological polar surface area (TPSA) is 40.6 Å². The lowest BCUT2D eigenvalue weighted by atomic mass is 10.1.